The Hall–Kier alpha value is -1.62. The molecular formula is C14H14BrNO3. The van der Waals surface area contributed by atoms with E-state index in [1.807, 2.05) is 6.07 Å². The van der Waals surface area contributed by atoms with Gasteiger partial charge < -0.3 is 9.84 Å². The maximum absolute atomic E-state index is 11.4. The molecule has 1 aromatic carbocycles. The molecule has 1 aromatic heterocycles. The number of ether oxygens (including phenoxy) is 1. The molecule has 100 valence electrons. The van der Waals surface area contributed by atoms with Crippen molar-refractivity contribution in [2.75, 3.05) is 0 Å². The molecule has 0 atom stereocenters. The first-order chi connectivity index (χ1) is 8.99. The van der Waals surface area contributed by atoms with Crippen LogP contribution >= 0.6 is 15.9 Å². The minimum atomic E-state index is -0.253. The van der Waals surface area contributed by atoms with Gasteiger partial charge >= 0.3 is 5.97 Å². The fourth-order valence-corrected chi connectivity index (χ4v) is 2.03. The molecule has 0 radical (unpaired) electrons. The normalized spacial score (nSPS) is 10.9. The maximum atomic E-state index is 11.4. The number of hydrogen-bond acceptors (Lipinski definition) is 4. The van der Waals surface area contributed by atoms with Crippen LogP contribution in [0, 0.1) is 5.92 Å². The molecule has 0 spiro atoms. The van der Waals surface area contributed by atoms with E-state index in [9.17, 15) is 9.90 Å². The van der Waals surface area contributed by atoms with Gasteiger partial charge in [-0.2, -0.15) is 0 Å². The molecule has 0 bridgehead atoms. The zero-order valence-corrected chi connectivity index (χ0v) is 12.3. The molecule has 1 N–H and O–H groups in total. The van der Waals surface area contributed by atoms with Gasteiger partial charge in [-0.15, -0.1) is 0 Å². The van der Waals surface area contributed by atoms with Crippen LogP contribution in [0.15, 0.2) is 28.7 Å². The minimum absolute atomic E-state index is 0.134. The molecule has 1 heterocycles. The van der Waals surface area contributed by atoms with Crippen molar-refractivity contribution >= 4 is 32.8 Å². The fourth-order valence-electron chi connectivity index (χ4n) is 1.58. The van der Waals surface area contributed by atoms with Crippen molar-refractivity contribution in [3.05, 3.63) is 34.4 Å². The van der Waals surface area contributed by atoms with Crippen LogP contribution in [-0.2, 0) is 16.1 Å². The second-order valence-corrected chi connectivity index (χ2v) is 5.33. The molecular weight excluding hydrogens is 310 g/mol. The smallest absolute Gasteiger partial charge is 0.308 e. The number of pyridine rings is 1. The number of esters is 1. The van der Waals surface area contributed by atoms with Crippen molar-refractivity contribution in [2.45, 2.75) is 20.5 Å². The lowest BCUT2D eigenvalue weighted by atomic mass is 10.2. The summed E-state index contributed by atoms with van der Waals surface area (Å²) >= 11 is 3.30. The number of carbonyl (C=O) groups excluding carboxylic acids is 1. The summed E-state index contributed by atoms with van der Waals surface area (Å²) in [7, 11) is 0. The number of halogens is 1. The second-order valence-electron chi connectivity index (χ2n) is 4.54. The number of rotatable bonds is 3. The number of nitrogens with zero attached hydrogens (tertiary/aromatic N) is 1. The van der Waals surface area contributed by atoms with Crippen molar-refractivity contribution in [1.29, 1.82) is 0 Å². The highest BCUT2D eigenvalue weighted by atomic mass is 79.9. The molecule has 0 amide bonds. The van der Waals surface area contributed by atoms with Crippen LogP contribution in [0.2, 0.25) is 0 Å². The maximum Gasteiger partial charge on any atom is 0.308 e. The average Bonchev–Trinajstić information content (AvgIpc) is 2.40. The van der Waals surface area contributed by atoms with E-state index in [-0.39, 0.29) is 24.2 Å². The van der Waals surface area contributed by atoms with Gasteiger partial charge in [0, 0.05) is 5.39 Å². The number of phenolic OH excluding ortho intramolecular Hbond substituents is 1. The molecule has 0 aliphatic carbocycles. The molecule has 19 heavy (non-hydrogen) atoms. The van der Waals surface area contributed by atoms with E-state index in [0.717, 1.165) is 5.39 Å². The summed E-state index contributed by atoms with van der Waals surface area (Å²) in [6, 6.07) is 7.07. The number of hydrogen-bond donors (Lipinski definition) is 1. The van der Waals surface area contributed by atoms with Gasteiger partial charge in [0.15, 0.2) is 0 Å². The Kier molecular flexibility index (Phi) is 4.04. The van der Waals surface area contributed by atoms with Crippen LogP contribution in [0.1, 0.15) is 19.5 Å². The van der Waals surface area contributed by atoms with Crippen LogP contribution < -0.4 is 0 Å². The largest absolute Gasteiger partial charge is 0.507 e. The number of phenols is 1. The SMILES string of the molecule is CC(C)C(=O)OCc1ccc2ccc(O)c(Br)c2n1. The van der Waals surface area contributed by atoms with Crippen LogP contribution in [0.4, 0.5) is 0 Å². The van der Waals surface area contributed by atoms with Gasteiger partial charge in [-0.3, -0.25) is 4.79 Å². The summed E-state index contributed by atoms with van der Waals surface area (Å²) in [6.07, 6.45) is 0. The average molecular weight is 324 g/mol. The van der Waals surface area contributed by atoms with E-state index in [4.69, 9.17) is 4.74 Å². The van der Waals surface area contributed by atoms with Gasteiger partial charge in [-0.25, -0.2) is 4.98 Å². The van der Waals surface area contributed by atoms with Crippen molar-refractivity contribution in [3.63, 3.8) is 0 Å². The van der Waals surface area contributed by atoms with Gasteiger partial charge in [-0.1, -0.05) is 19.9 Å². The highest BCUT2D eigenvalue weighted by Gasteiger charge is 2.10. The van der Waals surface area contributed by atoms with Crippen molar-refractivity contribution in [3.8, 4) is 5.75 Å². The molecule has 5 heteroatoms. The predicted octanol–water partition coefficient (Wildman–Crippen LogP) is 3.40. The number of carbonyl (C=O) groups is 1. The van der Waals surface area contributed by atoms with Crippen molar-refractivity contribution in [1.82, 2.24) is 4.98 Å². The Morgan fingerprint density at radius 3 is 2.74 bits per heavy atom. The lowest BCUT2D eigenvalue weighted by molar-refractivity contribution is -0.148. The first-order valence-corrected chi connectivity index (χ1v) is 6.72. The van der Waals surface area contributed by atoms with Crippen molar-refractivity contribution in [2.24, 2.45) is 5.92 Å². The topological polar surface area (TPSA) is 59.4 Å². The Morgan fingerprint density at radius 1 is 1.37 bits per heavy atom. The summed E-state index contributed by atoms with van der Waals surface area (Å²) in [6.45, 7) is 3.70. The van der Waals surface area contributed by atoms with Crippen molar-refractivity contribution < 1.29 is 14.6 Å². The van der Waals surface area contributed by atoms with Gasteiger partial charge in [-0.05, 0) is 34.1 Å². The fraction of sp³-hybridized carbons (Fsp3) is 0.286. The molecule has 2 rings (SSSR count). The van der Waals surface area contributed by atoms with Crippen LogP contribution in [-0.4, -0.2) is 16.1 Å². The minimum Gasteiger partial charge on any atom is -0.507 e. The summed E-state index contributed by atoms with van der Waals surface area (Å²) in [5, 5.41) is 10.5. The first-order valence-electron chi connectivity index (χ1n) is 5.93. The van der Waals surface area contributed by atoms with E-state index in [2.05, 4.69) is 20.9 Å². The zero-order valence-electron chi connectivity index (χ0n) is 10.7. The van der Waals surface area contributed by atoms with Gasteiger partial charge in [0.1, 0.15) is 12.4 Å². The van der Waals surface area contributed by atoms with Crippen LogP contribution in [0.25, 0.3) is 10.9 Å². The number of aromatic hydroxyl groups is 1. The third-order valence-corrected chi connectivity index (χ3v) is 3.45. The standard InChI is InChI=1S/C14H14BrNO3/c1-8(2)14(18)19-7-10-5-3-9-4-6-11(17)12(15)13(9)16-10/h3-6,8,17H,7H2,1-2H3. The predicted molar refractivity (Wildman–Crippen MR) is 75.7 cm³/mol. The number of benzene rings is 1. The Balaban J connectivity index is 2.26. The van der Waals surface area contributed by atoms with Gasteiger partial charge in [0.05, 0.1) is 21.6 Å². The summed E-state index contributed by atoms with van der Waals surface area (Å²) in [5.41, 5.74) is 1.30. The number of aromatic nitrogens is 1. The molecule has 0 saturated heterocycles. The molecule has 0 aliphatic heterocycles. The zero-order chi connectivity index (χ0) is 14.0. The van der Waals surface area contributed by atoms with E-state index in [1.165, 1.54) is 0 Å². The van der Waals surface area contributed by atoms with E-state index < -0.39 is 0 Å². The molecule has 0 aliphatic rings. The highest BCUT2D eigenvalue weighted by molar-refractivity contribution is 9.10. The Bertz CT molecular complexity index is 625. The monoisotopic (exact) mass is 323 g/mol. The van der Waals surface area contributed by atoms with E-state index in [0.29, 0.717) is 15.7 Å². The van der Waals surface area contributed by atoms with Gasteiger partial charge in [0.25, 0.3) is 0 Å². The summed E-state index contributed by atoms with van der Waals surface area (Å²) in [4.78, 5) is 15.8. The molecule has 4 nitrogen and oxygen atoms in total. The van der Waals surface area contributed by atoms with E-state index in [1.54, 1.807) is 32.0 Å². The number of fused-ring (bicyclic) bond motifs is 1. The van der Waals surface area contributed by atoms with Crippen LogP contribution in [0.5, 0.6) is 5.75 Å². The molecule has 0 unspecified atom stereocenters. The molecule has 2 aromatic rings. The molecule has 0 saturated carbocycles. The lowest BCUT2D eigenvalue weighted by Crippen LogP contribution is -2.11. The van der Waals surface area contributed by atoms with Gasteiger partial charge in [0.2, 0.25) is 0 Å². The summed E-state index contributed by atoms with van der Waals surface area (Å²) < 4.78 is 5.67. The quantitative estimate of drug-likeness (QED) is 0.879. The Labute approximate surface area is 119 Å². The van der Waals surface area contributed by atoms with E-state index >= 15 is 0 Å². The summed E-state index contributed by atoms with van der Waals surface area (Å²) in [5.74, 6) is -0.274. The first kappa shape index (κ1) is 13.8. The molecule has 0 fully saturated rings. The third-order valence-electron chi connectivity index (χ3n) is 2.67. The Morgan fingerprint density at radius 2 is 2.05 bits per heavy atom. The highest BCUT2D eigenvalue weighted by Crippen LogP contribution is 2.31. The van der Waals surface area contributed by atoms with Crippen LogP contribution in [0.3, 0.4) is 0 Å². The second kappa shape index (κ2) is 5.57. The lowest BCUT2D eigenvalue weighted by Gasteiger charge is -2.08. The third kappa shape index (κ3) is 3.04.